The molecule has 0 aliphatic heterocycles. The van der Waals surface area contributed by atoms with Gasteiger partial charge in [-0.05, 0) is 36.8 Å². The zero-order valence-corrected chi connectivity index (χ0v) is 14.1. The lowest BCUT2D eigenvalue weighted by Gasteiger charge is -2.07. The molecular formula is C20H20N2O3. The third-order valence-electron chi connectivity index (χ3n) is 3.64. The summed E-state index contributed by atoms with van der Waals surface area (Å²) >= 11 is 0. The number of nitrogens with zero attached hydrogens (tertiary/aromatic N) is 1. The summed E-state index contributed by atoms with van der Waals surface area (Å²) in [7, 11) is 0. The lowest BCUT2D eigenvalue weighted by Crippen LogP contribution is -2.30. The van der Waals surface area contributed by atoms with Crippen LogP contribution in [0.3, 0.4) is 0 Å². The van der Waals surface area contributed by atoms with E-state index in [-0.39, 0.29) is 12.5 Å². The predicted molar refractivity (Wildman–Crippen MR) is 95.3 cm³/mol. The van der Waals surface area contributed by atoms with Crippen molar-refractivity contribution < 1.29 is 13.9 Å². The fourth-order valence-corrected chi connectivity index (χ4v) is 2.37. The van der Waals surface area contributed by atoms with Gasteiger partial charge in [0.1, 0.15) is 12.0 Å². The Hall–Kier alpha value is -3.08. The van der Waals surface area contributed by atoms with E-state index in [0.717, 1.165) is 16.8 Å². The van der Waals surface area contributed by atoms with E-state index < -0.39 is 0 Å². The number of rotatable bonds is 7. The highest BCUT2D eigenvalue weighted by molar-refractivity contribution is 5.77. The number of amides is 1. The zero-order valence-electron chi connectivity index (χ0n) is 14.1. The van der Waals surface area contributed by atoms with Gasteiger partial charge in [-0.25, -0.2) is 4.98 Å². The van der Waals surface area contributed by atoms with Crippen LogP contribution in [0.15, 0.2) is 65.3 Å². The summed E-state index contributed by atoms with van der Waals surface area (Å²) in [6, 6.07) is 17.3. The second-order valence-electron chi connectivity index (χ2n) is 5.72. The minimum absolute atomic E-state index is 0.00245. The molecule has 1 amide bonds. The van der Waals surface area contributed by atoms with E-state index in [1.807, 2.05) is 61.5 Å². The second-order valence-corrected chi connectivity index (χ2v) is 5.72. The average Bonchev–Trinajstić information content (AvgIpc) is 3.10. The molecule has 0 saturated heterocycles. The monoisotopic (exact) mass is 336 g/mol. The number of ether oxygens (including phenoxy) is 1. The van der Waals surface area contributed by atoms with Crippen molar-refractivity contribution in [1.82, 2.24) is 10.3 Å². The first kappa shape index (κ1) is 16.8. The van der Waals surface area contributed by atoms with Crippen LogP contribution in [0.5, 0.6) is 5.75 Å². The first-order chi connectivity index (χ1) is 12.2. The van der Waals surface area contributed by atoms with E-state index in [2.05, 4.69) is 10.3 Å². The molecule has 3 aromatic rings. The predicted octanol–water partition coefficient (Wildman–Crippen LogP) is 3.39. The molecule has 0 atom stereocenters. The third-order valence-corrected chi connectivity index (χ3v) is 3.64. The van der Waals surface area contributed by atoms with Gasteiger partial charge in [0.15, 0.2) is 6.61 Å². The van der Waals surface area contributed by atoms with E-state index in [1.165, 1.54) is 0 Å². The number of aryl methyl sites for hydroxylation is 1. The first-order valence-corrected chi connectivity index (χ1v) is 8.17. The Labute approximate surface area is 146 Å². The topological polar surface area (TPSA) is 64.4 Å². The maximum atomic E-state index is 11.8. The van der Waals surface area contributed by atoms with Gasteiger partial charge < -0.3 is 14.5 Å². The van der Waals surface area contributed by atoms with Crippen molar-refractivity contribution >= 4 is 5.91 Å². The molecule has 5 nitrogen and oxygen atoms in total. The SMILES string of the molecule is Cc1cccc(OCC(=O)NCCc2coc(-c3ccccc3)n2)c1. The highest BCUT2D eigenvalue weighted by atomic mass is 16.5. The van der Waals surface area contributed by atoms with Crippen LogP contribution in [-0.2, 0) is 11.2 Å². The Morgan fingerprint density at radius 3 is 2.80 bits per heavy atom. The molecule has 0 fully saturated rings. The highest BCUT2D eigenvalue weighted by Crippen LogP contribution is 2.17. The van der Waals surface area contributed by atoms with Gasteiger partial charge in [-0.1, -0.05) is 30.3 Å². The molecule has 1 heterocycles. The van der Waals surface area contributed by atoms with Crippen molar-refractivity contribution in [3.8, 4) is 17.2 Å². The molecule has 25 heavy (non-hydrogen) atoms. The van der Waals surface area contributed by atoms with Crippen molar-refractivity contribution in [3.05, 3.63) is 72.1 Å². The van der Waals surface area contributed by atoms with Gasteiger partial charge in [-0.15, -0.1) is 0 Å². The number of hydrogen-bond acceptors (Lipinski definition) is 4. The van der Waals surface area contributed by atoms with Crippen LogP contribution >= 0.6 is 0 Å². The van der Waals surface area contributed by atoms with Gasteiger partial charge in [0.25, 0.3) is 5.91 Å². The van der Waals surface area contributed by atoms with Crippen LogP contribution in [0.25, 0.3) is 11.5 Å². The quantitative estimate of drug-likeness (QED) is 0.718. The lowest BCUT2D eigenvalue weighted by atomic mass is 10.2. The molecular weight excluding hydrogens is 316 g/mol. The Kier molecular flexibility index (Phi) is 5.46. The van der Waals surface area contributed by atoms with E-state index >= 15 is 0 Å². The van der Waals surface area contributed by atoms with Crippen molar-refractivity contribution in [2.24, 2.45) is 0 Å². The van der Waals surface area contributed by atoms with E-state index in [9.17, 15) is 4.79 Å². The second kappa shape index (κ2) is 8.15. The summed E-state index contributed by atoms with van der Waals surface area (Å²) in [5.74, 6) is 1.12. The Morgan fingerprint density at radius 1 is 1.16 bits per heavy atom. The largest absolute Gasteiger partial charge is 0.484 e. The van der Waals surface area contributed by atoms with Crippen molar-refractivity contribution in [3.63, 3.8) is 0 Å². The first-order valence-electron chi connectivity index (χ1n) is 8.17. The fourth-order valence-electron chi connectivity index (χ4n) is 2.37. The molecule has 0 bridgehead atoms. The molecule has 1 N–H and O–H groups in total. The molecule has 5 heteroatoms. The maximum absolute atomic E-state index is 11.8. The zero-order chi connectivity index (χ0) is 17.5. The number of carbonyl (C=O) groups excluding carboxylic acids is 1. The normalized spacial score (nSPS) is 10.4. The molecule has 0 radical (unpaired) electrons. The fraction of sp³-hybridized carbons (Fsp3) is 0.200. The van der Waals surface area contributed by atoms with Gasteiger partial charge in [0.05, 0.1) is 5.69 Å². The molecule has 3 rings (SSSR count). The number of benzene rings is 2. The van der Waals surface area contributed by atoms with Gasteiger partial charge in [0.2, 0.25) is 5.89 Å². The molecule has 128 valence electrons. The average molecular weight is 336 g/mol. The molecule has 0 aliphatic rings. The molecule has 2 aromatic carbocycles. The van der Waals surface area contributed by atoms with Crippen molar-refractivity contribution in [2.75, 3.05) is 13.2 Å². The molecule has 0 aliphatic carbocycles. The smallest absolute Gasteiger partial charge is 0.257 e. The Balaban J connectivity index is 1.42. The van der Waals surface area contributed by atoms with Crippen LogP contribution in [0.2, 0.25) is 0 Å². The van der Waals surface area contributed by atoms with Gasteiger partial charge >= 0.3 is 0 Å². The van der Waals surface area contributed by atoms with E-state index in [0.29, 0.717) is 24.6 Å². The standard InChI is InChI=1S/C20H20N2O3/c1-15-6-5-9-18(12-15)24-14-19(23)21-11-10-17-13-25-20(22-17)16-7-3-2-4-8-16/h2-9,12-13H,10-11,14H2,1H3,(H,21,23). The number of aromatic nitrogens is 1. The third kappa shape index (κ3) is 4.94. The summed E-state index contributed by atoms with van der Waals surface area (Å²) in [6.07, 6.45) is 2.23. The van der Waals surface area contributed by atoms with Crippen LogP contribution in [0, 0.1) is 6.92 Å². The summed E-state index contributed by atoms with van der Waals surface area (Å²) in [6.45, 7) is 2.46. The summed E-state index contributed by atoms with van der Waals surface area (Å²) < 4.78 is 10.9. The number of oxazole rings is 1. The van der Waals surface area contributed by atoms with E-state index in [4.69, 9.17) is 9.15 Å². The van der Waals surface area contributed by atoms with Gasteiger partial charge in [-0.3, -0.25) is 4.79 Å². The van der Waals surface area contributed by atoms with Crippen LogP contribution in [-0.4, -0.2) is 24.0 Å². The molecule has 0 spiro atoms. The van der Waals surface area contributed by atoms with Crippen LogP contribution < -0.4 is 10.1 Å². The molecule has 0 unspecified atom stereocenters. The van der Waals surface area contributed by atoms with Gasteiger partial charge in [0, 0.05) is 18.5 Å². The Bertz CT molecular complexity index is 828. The number of nitrogens with one attached hydrogen (secondary N) is 1. The maximum Gasteiger partial charge on any atom is 0.257 e. The van der Waals surface area contributed by atoms with Crippen LogP contribution in [0.4, 0.5) is 0 Å². The highest BCUT2D eigenvalue weighted by Gasteiger charge is 2.07. The summed E-state index contributed by atoms with van der Waals surface area (Å²) in [5, 5.41) is 2.82. The number of hydrogen-bond donors (Lipinski definition) is 1. The van der Waals surface area contributed by atoms with Crippen LogP contribution in [0.1, 0.15) is 11.3 Å². The Morgan fingerprint density at radius 2 is 2.00 bits per heavy atom. The lowest BCUT2D eigenvalue weighted by molar-refractivity contribution is -0.123. The van der Waals surface area contributed by atoms with Gasteiger partial charge in [-0.2, -0.15) is 0 Å². The minimum atomic E-state index is -0.159. The number of carbonyl (C=O) groups is 1. The van der Waals surface area contributed by atoms with Crippen molar-refractivity contribution in [1.29, 1.82) is 0 Å². The summed E-state index contributed by atoms with van der Waals surface area (Å²) in [4.78, 5) is 16.3. The van der Waals surface area contributed by atoms with Crippen molar-refractivity contribution in [2.45, 2.75) is 13.3 Å². The molecule has 0 saturated carbocycles. The van der Waals surface area contributed by atoms with E-state index in [1.54, 1.807) is 6.26 Å². The summed E-state index contributed by atoms with van der Waals surface area (Å²) in [5.41, 5.74) is 2.83. The molecule has 1 aromatic heterocycles. The minimum Gasteiger partial charge on any atom is -0.484 e.